The second-order valence-electron chi connectivity index (χ2n) is 10.4. The van der Waals surface area contributed by atoms with Crippen molar-refractivity contribution in [2.75, 3.05) is 0 Å². The van der Waals surface area contributed by atoms with E-state index in [4.69, 9.17) is 0 Å². The lowest BCUT2D eigenvalue weighted by Crippen LogP contribution is -2.54. The van der Waals surface area contributed by atoms with E-state index in [1.165, 1.54) is 22.3 Å². The Morgan fingerprint density at radius 3 is 1.62 bits per heavy atom. The number of hydrogen-bond acceptors (Lipinski definition) is 1. The smallest absolute Gasteiger partial charge is 0.258 e. The van der Waals surface area contributed by atoms with Gasteiger partial charge in [-0.05, 0) is 59.9 Å². The highest BCUT2D eigenvalue weighted by molar-refractivity contribution is 5.63. The van der Waals surface area contributed by atoms with Crippen molar-refractivity contribution in [3.63, 3.8) is 0 Å². The SMILES string of the molecule is CC(C)N1C=[N+](Cc2cc(C(F)(F)F)cc(C(F)(F)F)c2)[C@H]2C3c4ccccc4C(c4ccccc43)[C@H]21. The predicted octanol–water partition coefficient (Wildman–Crippen LogP) is 7.02. The van der Waals surface area contributed by atoms with Crippen LogP contribution >= 0.6 is 0 Å². The van der Waals surface area contributed by atoms with Gasteiger partial charge in [-0.1, -0.05) is 48.5 Å². The third-order valence-electron chi connectivity index (χ3n) is 7.98. The molecule has 4 aliphatic rings. The van der Waals surface area contributed by atoms with Crippen LogP contribution in [0.15, 0.2) is 66.7 Å². The van der Waals surface area contributed by atoms with E-state index in [1.807, 2.05) is 35.2 Å². The third-order valence-corrected chi connectivity index (χ3v) is 7.98. The van der Waals surface area contributed by atoms with Crippen LogP contribution in [0.2, 0.25) is 0 Å². The molecule has 7 rings (SSSR count). The standard InChI is InChI=1S/C29H25F6N2/c1-16(2)37-15-36(14-17-11-18(28(30,31)32)13-19(12-17)29(33,34)35)26-24-20-7-3-5-9-22(20)25(27(26)37)23-10-6-4-8-21(23)24/h3-13,15-16,24-27H,14H2,1-2H3/q+1/t24?,25?,26-,27+/m0/s1. The summed E-state index contributed by atoms with van der Waals surface area (Å²) in [5, 5.41) is 0. The van der Waals surface area contributed by atoms with Crippen molar-refractivity contribution in [1.29, 1.82) is 0 Å². The Hall–Kier alpha value is -3.29. The van der Waals surface area contributed by atoms with Gasteiger partial charge in [0.05, 0.1) is 29.0 Å². The van der Waals surface area contributed by atoms with E-state index in [2.05, 4.69) is 43.0 Å². The first-order valence-electron chi connectivity index (χ1n) is 12.3. The summed E-state index contributed by atoms with van der Waals surface area (Å²) in [4.78, 5) is 2.23. The molecule has 2 atom stereocenters. The van der Waals surface area contributed by atoms with E-state index < -0.39 is 23.5 Å². The number of rotatable bonds is 3. The monoisotopic (exact) mass is 515 g/mol. The molecule has 1 aliphatic heterocycles. The van der Waals surface area contributed by atoms with Crippen molar-refractivity contribution in [3.8, 4) is 0 Å². The summed E-state index contributed by atoms with van der Waals surface area (Å²) >= 11 is 0. The highest BCUT2D eigenvalue weighted by Crippen LogP contribution is 2.56. The van der Waals surface area contributed by atoms with Crippen LogP contribution < -0.4 is 0 Å². The molecule has 1 heterocycles. The molecule has 192 valence electrons. The molecular formula is C29H25F6N2+. The minimum Gasteiger partial charge on any atom is -0.258 e. The molecular weight excluding hydrogens is 490 g/mol. The van der Waals surface area contributed by atoms with Crippen LogP contribution in [0.5, 0.6) is 0 Å². The average molecular weight is 516 g/mol. The molecule has 0 radical (unpaired) electrons. The molecule has 2 bridgehead atoms. The van der Waals surface area contributed by atoms with Gasteiger partial charge in [0.2, 0.25) is 6.34 Å². The normalized spacial score (nSPS) is 24.1. The van der Waals surface area contributed by atoms with Crippen LogP contribution in [0.4, 0.5) is 26.3 Å². The Kier molecular flexibility index (Phi) is 5.27. The van der Waals surface area contributed by atoms with Gasteiger partial charge in [0.25, 0.3) is 0 Å². The van der Waals surface area contributed by atoms with Gasteiger partial charge in [0.15, 0.2) is 0 Å². The fourth-order valence-electron chi connectivity index (χ4n) is 6.63. The van der Waals surface area contributed by atoms with Gasteiger partial charge in [-0.2, -0.15) is 26.3 Å². The third kappa shape index (κ3) is 3.75. The van der Waals surface area contributed by atoms with E-state index in [1.54, 1.807) is 0 Å². The van der Waals surface area contributed by atoms with E-state index in [0.29, 0.717) is 0 Å². The molecule has 8 heteroatoms. The Bertz CT molecular complexity index is 1320. The van der Waals surface area contributed by atoms with Gasteiger partial charge in [-0.15, -0.1) is 0 Å². The first kappa shape index (κ1) is 24.1. The second kappa shape index (κ2) is 8.10. The lowest BCUT2D eigenvalue weighted by molar-refractivity contribution is -0.575. The molecule has 0 fully saturated rings. The Morgan fingerprint density at radius 2 is 1.19 bits per heavy atom. The van der Waals surface area contributed by atoms with Gasteiger partial charge in [-0.25, -0.2) is 0 Å². The van der Waals surface area contributed by atoms with Gasteiger partial charge in [-0.3, -0.25) is 9.48 Å². The van der Waals surface area contributed by atoms with Crippen LogP contribution in [-0.4, -0.2) is 33.9 Å². The van der Waals surface area contributed by atoms with Gasteiger partial charge in [0, 0.05) is 0 Å². The van der Waals surface area contributed by atoms with Crippen LogP contribution in [-0.2, 0) is 18.9 Å². The molecule has 0 unspecified atom stereocenters. The van der Waals surface area contributed by atoms with E-state index in [9.17, 15) is 26.3 Å². The zero-order chi connectivity index (χ0) is 26.3. The predicted molar refractivity (Wildman–Crippen MR) is 128 cm³/mol. The summed E-state index contributed by atoms with van der Waals surface area (Å²) in [5.74, 6) is 0.00795. The van der Waals surface area contributed by atoms with Crippen molar-refractivity contribution in [2.24, 2.45) is 0 Å². The largest absolute Gasteiger partial charge is 0.416 e. The quantitative estimate of drug-likeness (QED) is 0.269. The molecule has 2 nitrogen and oxygen atoms in total. The molecule has 0 aromatic heterocycles. The Balaban J connectivity index is 1.49. The summed E-state index contributed by atoms with van der Waals surface area (Å²) in [6, 6.07) is 18.4. The van der Waals surface area contributed by atoms with Gasteiger partial charge < -0.3 is 0 Å². The maximum atomic E-state index is 13.5. The molecule has 37 heavy (non-hydrogen) atoms. The van der Waals surface area contributed by atoms with Crippen molar-refractivity contribution in [2.45, 2.75) is 62.7 Å². The molecule has 0 saturated heterocycles. The average Bonchev–Trinajstić information content (AvgIpc) is 3.22. The number of halogens is 6. The number of hydrogen-bond donors (Lipinski definition) is 0. The lowest BCUT2D eigenvalue weighted by Gasteiger charge is -2.47. The van der Waals surface area contributed by atoms with Crippen LogP contribution in [0, 0.1) is 0 Å². The second-order valence-corrected chi connectivity index (χ2v) is 10.4. The molecule has 0 saturated carbocycles. The van der Waals surface area contributed by atoms with E-state index in [0.717, 1.165) is 12.1 Å². The van der Waals surface area contributed by atoms with E-state index >= 15 is 0 Å². The van der Waals surface area contributed by atoms with Gasteiger partial charge >= 0.3 is 12.4 Å². The fraction of sp³-hybridized carbons (Fsp3) is 0.345. The van der Waals surface area contributed by atoms with Gasteiger partial charge in [0.1, 0.15) is 18.6 Å². The highest BCUT2D eigenvalue weighted by Gasteiger charge is 2.60. The van der Waals surface area contributed by atoms with Crippen molar-refractivity contribution < 1.29 is 30.9 Å². The highest BCUT2D eigenvalue weighted by atomic mass is 19.4. The summed E-state index contributed by atoms with van der Waals surface area (Å²) in [5.41, 5.74) is 2.27. The molecule has 3 aromatic carbocycles. The number of nitrogens with zero attached hydrogens (tertiary/aromatic N) is 2. The Labute approximate surface area is 210 Å². The molecule has 3 aliphatic carbocycles. The maximum Gasteiger partial charge on any atom is 0.416 e. The molecule has 0 spiro atoms. The minimum absolute atomic E-state index is 0.00854. The summed E-state index contributed by atoms with van der Waals surface area (Å²) in [6.07, 6.45) is -7.83. The number of alkyl halides is 6. The topological polar surface area (TPSA) is 6.25 Å². The lowest BCUT2D eigenvalue weighted by atomic mass is 9.59. The first-order valence-corrected chi connectivity index (χ1v) is 12.3. The first-order chi connectivity index (χ1) is 17.4. The minimum atomic E-state index is -4.88. The van der Waals surface area contributed by atoms with Crippen molar-refractivity contribution in [1.82, 2.24) is 4.90 Å². The van der Waals surface area contributed by atoms with E-state index in [-0.39, 0.29) is 48.1 Å². The Morgan fingerprint density at radius 1 is 0.730 bits per heavy atom. The zero-order valence-electron chi connectivity index (χ0n) is 20.2. The molecule has 0 amide bonds. The fourth-order valence-corrected chi connectivity index (χ4v) is 6.63. The maximum absolute atomic E-state index is 13.5. The van der Waals surface area contributed by atoms with Crippen LogP contribution in [0.25, 0.3) is 0 Å². The zero-order valence-corrected chi connectivity index (χ0v) is 20.2. The molecule has 0 N–H and O–H groups in total. The van der Waals surface area contributed by atoms with Crippen molar-refractivity contribution in [3.05, 3.63) is 106 Å². The molecule has 3 aromatic rings. The number of benzene rings is 3. The summed E-state index contributed by atoms with van der Waals surface area (Å²) in [7, 11) is 0. The summed E-state index contributed by atoms with van der Waals surface area (Å²) < 4.78 is 83.2. The van der Waals surface area contributed by atoms with Crippen molar-refractivity contribution >= 4 is 6.34 Å². The van der Waals surface area contributed by atoms with Crippen LogP contribution in [0.3, 0.4) is 0 Å². The van der Waals surface area contributed by atoms with Crippen LogP contribution in [0.1, 0.15) is 64.6 Å². The summed E-state index contributed by atoms with van der Waals surface area (Å²) in [6.45, 7) is 4.07.